The van der Waals surface area contributed by atoms with Crippen molar-refractivity contribution in [2.75, 3.05) is 38.2 Å². The number of piperidine rings is 1. The number of aliphatic hydroxyl groups excluding tert-OH is 1. The summed E-state index contributed by atoms with van der Waals surface area (Å²) < 4.78 is 21.7. The van der Waals surface area contributed by atoms with Crippen molar-refractivity contribution in [2.24, 2.45) is 4.99 Å². The van der Waals surface area contributed by atoms with E-state index < -0.39 is 6.17 Å². The van der Waals surface area contributed by atoms with Crippen LogP contribution in [0.15, 0.2) is 46.9 Å². The number of nitrogens with zero attached hydrogens (tertiary/aromatic N) is 6. The summed E-state index contributed by atoms with van der Waals surface area (Å²) in [5.41, 5.74) is 5.12. The van der Waals surface area contributed by atoms with Gasteiger partial charge in [0.25, 0.3) is 6.02 Å². The van der Waals surface area contributed by atoms with E-state index in [1.807, 2.05) is 24.6 Å². The fraction of sp³-hybridized carbons (Fsp3) is 0.483. The molecule has 3 aromatic rings. The van der Waals surface area contributed by atoms with Crippen molar-refractivity contribution in [1.82, 2.24) is 19.3 Å². The van der Waals surface area contributed by atoms with Gasteiger partial charge in [-0.25, -0.2) is 19.4 Å². The van der Waals surface area contributed by atoms with Gasteiger partial charge in [0.2, 0.25) is 0 Å². The molecule has 0 bridgehead atoms. The Labute approximate surface area is 232 Å². The minimum Gasteiger partial charge on any atom is -0.460 e. The van der Waals surface area contributed by atoms with Crippen LogP contribution in [0.4, 0.5) is 15.3 Å². The molecule has 0 aromatic carbocycles. The number of aliphatic hydroxyl groups is 1. The first-order valence-electron chi connectivity index (χ1n) is 13.8. The van der Waals surface area contributed by atoms with Gasteiger partial charge in [0.15, 0.2) is 5.13 Å². The Morgan fingerprint density at radius 1 is 1.23 bits per heavy atom. The van der Waals surface area contributed by atoms with E-state index in [0.717, 1.165) is 71.9 Å². The molecule has 8 nitrogen and oxygen atoms in total. The maximum atomic E-state index is 13.5. The lowest BCUT2D eigenvalue weighted by atomic mass is 9.90. The highest BCUT2D eigenvalue weighted by Crippen LogP contribution is 2.35. The molecule has 206 valence electrons. The summed E-state index contributed by atoms with van der Waals surface area (Å²) in [7, 11) is 2.05. The molecule has 0 saturated carbocycles. The summed E-state index contributed by atoms with van der Waals surface area (Å²) in [5, 5.41) is 12.1. The van der Waals surface area contributed by atoms with Crippen LogP contribution in [0.25, 0.3) is 11.2 Å². The molecule has 0 spiro atoms. The molecule has 2 atom stereocenters. The van der Waals surface area contributed by atoms with Gasteiger partial charge in [-0.3, -0.25) is 4.40 Å². The molecule has 1 saturated heterocycles. The minimum absolute atomic E-state index is 0.00168. The number of rotatable bonds is 7. The molecule has 3 aliphatic rings. The minimum atomic E-state index is -0.907. The number of hydrogen-bond acceptors (Lipinski definition) is 8. The molecule has 6 rings (SSSR count). The smallest absolute Gasteiger partial charge is 0.287 e. The van der Waals surface area contributed by atoms with Crippen LogP contribution in [-0.2, 0) is 11.2 Å². The summed E-state index contributed by atoms with van der Waals surface area (Å²) in [5.74, 6) is 1.48. The largest absolute Gasteiger partial charge is 0.460 e. The Morgan fingerprint density at radius 2 is 2.08 bits per heavy atom. The first-order valence-corrected chi connectivity index (χ1v) is 14.7. The quantitative estimate of drug-likeness (QED) is 0.440. The Kier molecular flexibility index (Phi) is 7.40. The Morgan fingerprint density at radius 3 is 2.82 bits per heavy atom. The molecule has 39 heavy (non-hydrogen) atoms. The molecule has 1 aliphatic carbocycles. The number of aromatic nitrogens is 3. The van der Waals surface area contributed by atoms with E-state index in [4.69, 9.17) is 14.7 Å². The third kappa shape index (κ3) is 5.19. The molecule has 1 N–H and O–H groups in total. The van der Waals surface area contributed by atoms with Gasteiger partial charge in [-0.15, -0.1) is 11.3 Å². The van der Waals surface area contributed by atoms with E-state index in [1.165, 1.54) is 5.56 Å². The second-order valence-corrected chi connectivity index (χ2v) is 11.2. The maximum Gasteiger partial charge on any atom is 0.287 e. The summed E-state index contributed by atoms with van der Waals surface area (Å²) in [6.45, 7) is 4.70. The lowest BCUT2D eigenvalue weighted by molar-refractivity contribution is 0.139. The van der Waals surface area contributed by atoms with Crippen molar-refractivity contribution in [3.05, 3.63) is 58.9 Å². The van der Waals surface area contributed by atoms with Gasteiger partial charge in [-0.2, -0.15) is 0 Å². The van der Waals surface area contributed by atoms with Crippen LogP contribution in [0.2, 0.25) is 0 Å². The number of aryl methyl sites for hydroxylation is 1. The lowest BCUT2D eigenvalue weighted by Gasteiger charge is -2.33. The predicted molar refractivity (Wildman–Crippen MR) is 154 cm³/mol. The number of amidine groups is 1. The van der Waals surface area contributed by atoms with Crippen LogP contribution in [0.1, 0.15) is 55.5 Å². The summed E-state index contributed by atoms with van der Waals surface area (Å²) in [6, 6.07) is 5.08. The Balaban J connectivity index is 1.21. The number of likely N-dealkylation sites (tertiary alicyclic amines) is 1. The van der Waals surface area contributed by atoms with Gasteiger partial charge >= 0.3 is 0 Å². The zero-order valence-electron chi connectivity index (χ0n) is 22.5. The maximum absolute atomic E-state index is 13.5. The van der Waals surface area contributed by atoms with Crippen molar-refractivity contribution in [3.8, 4) is 0 Å². The lowest BCUT2D eigenvalue weighted by Crippen LogP contribution is -2.38. The van der Waals surface area contributed by atoms with Gasteiger partial charge < -0.3 is 19.6 Å². The highest BCUT2D eigenvalue weighted by Gasteiger charge is 2.29. The highest BCUT2D eigenvalue weighted by atomic mass is 32.1. The standard InChI is InChI=1S/C29H35FN6O2S/c1-3-24-27(34(2)29-33-25(18-39-29)20-4-7-22(30)8-5-20)36-17-21(6-9-26(36)32-24)19-10-13-35(14-11-19)28-31-16-23(38-28)12-15-37/h4-7,9,17-19,22-23,37H,3,8,10-16H2,1-2H3. The summed E-state index contributed by atoms with van der Waals surface area (Å²) >= 11 is 1.59. The molecule has 2 aliphatic heterocycles. The number of pyridine rings is 1. The number of thiazole rings is 1. The van der Waals surface area contributed by atoms with Gasteiger partial charge in [0.05, 0.1) is 17.9 Å². The van der Waals surface area contributed by atoms with Crippen LogP contribution < -0.4 is 4.90 Å². The van der Waals surface area contributed by atoms with Crippen LogP contribution in [0.3, 0.4) is 0 Å². The van der Waals surface area contributed by atoms with Gasteiger partial charge in [0.1, 0.15) is 23.7 Å². The molecule has 0 radical (unpaired) electrons. The number of aliphatic imine (C=N–C) groups is 1. The monoisotopic (exact) mass is 550 g/mol. The number of anilines is 2. The van der Waals surface area contributed by atoms with Crippen molar-refractivity contribution in [1.29, 1.82) is 0 Å². The normalized spacial score (nSPS) is 21.8. The highest BCUT2D eigenvalue weighted by molar-refractivity contribution is 7.13. The fourth-order valence-corrected chi connectivity index (χ4v) is 6.43. The molecule has 0 amide bonds. The zero-order valence-corrected chi connectivity index (χ0v) is 23.3. The molecular weight excluding hydrogens is 515 g/mol. The molecule has 5 heterocycles. The van der Waals surface area contributed by atoms with Gasteiger partial charge in [-0.1, -0.05) is 25.1 Å². The Hall–Kier alpha value is -3.24. The van der Waals surface area contributed by atoms with E-state index in [9.17, 15) is 9.50 Å². The molecule has 2 unspecified atom stereocenters. The number of allylic oxidation sites excluding steroid dienone is 4. The molecule has 1 fully saturated rings. The van der Waals surface area contributed by atoms with Gasteiger partial charge in [-0.05, 0) is 48.5 Å². The average Bonchev–Trinajstić information content (AvgIpc) is 3.72. The fourth-order valence-electron chi connectivity index (χ4n) is 5.63. The predicted octanol–water partition coefficient (Wildman–Crippen LogP) is 5.12. The summed E-state index contributed by atoms with van der Waals surface area (Å²) in [6.07, 6.45) is 10.6. The Bertz CT molecular complexity index is 1420. The first-order chi connectivity index (χ1) is 19.0. The van der Waals surface area contributed by atoms with E-state index in [2.05, 4.69) is 44.4 Å². The number of ether oxygens (including phenoxy) is 1. The second kappa shape index (κ2) is 11.1. The van der Waals surface area contributed by atoms with Crippen LogP contribution in [0, 0.1) is 0 Å². The van der Waals surface area contributed by atoms with Gasteiger partial charge in [0, 0.05) is 51.2 Å². The van der Waals surface area contributed by atoms with Crippen molar-refractivity contribution < 1.29 is 14.2 Å². The van der Waals surface area contributed by atoms with E-state index >= 15 is 0 Å². The van der Waals surface area contributed by atoms with Crippen LogP contribution in [0.5, 0.6) is 0 Å². The zero-order chi connectivity index (χ0) is 26.9. The van der Waals surface area contributed by atoms with Crippen LogP contribution in [-0.4, -0.2) is 76.0 Å². The van der Waals surface area contributed by atoms with Crippen molar-refractivity contribution in [3.63, 3.8) is 0 Å². The number of fused-ring (bicyclic) bond motifs is 1. The topological polar surface area (TPSA) is 78.5 Å². The average molecular weight is 551 g/mol. The molecular formula is C29H35FN6O2S. The molecule has 10 heteroatoms. The third-order valence-electron chi connectivity index (χ3n) is 7.85. The van der Waals surface area contributed by atoms with E-state index in [1.54, 1.807) is 17.4 Å². The van der Waals surface area contributed by atoms with Crippen LogP contribution >= 0.6 is 11.3 Å². The van der Waals surface area contributed by atoms with E-state index in [-0.39, 0.29) is 12.7 Å². The molecule has 3 aromatic heterocycles. The number of imidazole rings is 1. The van der Waals surface area contributed by atoms with Crippen molar-refractivity contribution in [2.45, 2.75) is 57.2 Å². The van der Waals surface area contributed by atoms with E-state index in [0.29, 0.717) is 25.3 Å². The number of halogens is 1. The van der Waals surface area contributed by atoms with Crippen molar-refractivity contribution >= 4 is 39.5 Å². The first kappa shape index (κ1) is 26.0. The number of alkyl halides is 1. The number of hydrogen-bond donors (Lipinski definition) is 1. The second-order valence-electron chi connectivity index (χ2n) is 10.4. The summed E-state index contributed by atoms with van der Waals surface area (Å²) in [4.78, 5) is 18.8. The SMILES string of the molecule is CCc1nc2ccc(C3CCN(C4=NCC(CCO)O4)CC3)cn2c1N(C)c1nc(C2=CCC(F)C=C2)cs1. The third-order valence-corrected chi connectivity index (χ3v) is 8.77.